The number of fused-ring (bicyclic) bond motifs is 2. The van der Waals surface area contributed by atoms with Gasteiger partial charge < -0.3 is 9.47 Å². The minimum absolute atomic E-state index is 0.160. The number of carbonyl (C=O) groups excluding carboxylic acids is 1. The van der Waals surface area contributed by atoms with Gasteiger partial charge in [-0.2, -0.15) is 0 Å². The Kier molecular flexibility index (Phi) is 2.41. The van der Waals surface area contributed by atoms with Crippen LogP contribution in [-0.4, -0.2) is 18.0 Å². The first-order chi connectivity index (χ1) is 8.24. The van der Waals surface area contributed by atoms with Gasteiger partial charge in [0.25, 0.3) is 5.24 Å². The van der Waals surface area contributed by atoms with Crippen LogP contribution < -0.4 is 9.47 Å². The summed E-state index contributed by atoms with van der Waals surface area (Å²) < 4.78 is 11.0. The Morgan fingerprint density at radius 2 is 1.82 bits per heavy atom. The van der Waals surface area contributed by atoms with Crippen LogP contribution in [0.3, 0.4) is 0 Å². The average Bonchev–Trinajstić information content (AvgIpc) is 2.35. The number of ether oxygens (including phenoxy) is 2. The van der Waals surface area contributed by atoms with E-state index in [2.05, 4.69) is 0 Å². The van der Waals surface area contributed by atoms with Gasteiger partial charge in [-0.15, -0.1) is 0 Å². The predicted octanol–water partition coefficient (Wildman–Crippen LogP) is 2.75. The molecule has 0 aliphatic carbocycles. The predicted molar refractivity (Wildman–Crippen MR) is 64.7 cm³/mol. The Hall–Kier alpha value is -1.74. The van der Waals surface area contributed by atoms with Crippen molar-refractivity contribution >= 4 is 27.6 Å². The first-order valence-corrected chi connectivity index (χ1v) is 5.63. The van der Waals surface area contributed by atoms with Gasteiger partial charge >= 0.3 is 0 Å². The molecule has 1 aliphatic heterocycles. The van der Waals surface area contributed by atoms with E-state index in [0.717, 1.165) is 10.8 Å². The van der Waals surface area contributed by atoms with Crippen LogP contribution in [0.1, 0.15) is 0 Å². The zero-order valence-electron chi connectivity index (χ0n) is 8.85. The van der Waals surface area contributed by atoms with E-state index in [1.54, 1.807) is 0 Å². The molecule has 0 saturated carbocycles. The average molecular weight is 249 g/mol. The largest absolute Gasteiger partial charge is 0.485 e. The van der Waals surface area contributed by atoms with Gasteiger partial charge in [-0.05, 0) is 34.5 Å². The number of carbonyl (C=O) groups is 1. The molecule has 1 atom stereocenters. The quantitative estimate of drug-likeness (QED) is 0.728. The second-order valence-corrected chi connectivity index (χ2v) is 4.24. The van der Waals surface area contributed by atoms with Crippen molar-refractivity contribution in [1.29, 1.82) is 0 Å². The van der Waals surface area contributed by atoms with Crippen molar-refractivity contribution in [1.82, 2.24) is 0 Å². The number of benzene rings is 2. The molecule has 0 saturated heterocycles. The van der Waals surface area contributed by atoms with Gasteiger partial charge in [-0.1, -0.05) is 24.3 Å². The van der Waals surface area contributed by atoms with E-state index in [4.69, 9.17) is 21.1 Å². The normalized spacial score (nSPS) is 18.1. The van der Waals surface area contributed by atoms with Gasteiger partial charge in [0, 0.05) is 0 Å². The summed E-state index contributed by atoms with van der Waals surface area (Å²) in [5.74, 6) is 1.21. The molecule has 0 fully saturated rings. The minimum Gasteiger partial charge on any atom is -0.485 e. The molecule has 2 aromatic carbocycles. The van der Waals surface area contributed by atoms with E-state index >= 15 is 0 Å². The molecule has 0 bridgehead atoms. The maximum Gasteiger partial charge on any atom is 0.265 e. The van der Waals surface area contributed by atoms with Gasteiger partial charge in [0.2, 0.25) is 6.10 Å². The molecule has 4 heteroatoms. The van der Waals surface area contributed by atoms with Crippen LogP contribution in [0.4, 0.5) is 0 Å². The van der Waals surface area contributed by atoms with E-state index in [-0.39, 0.29) is 6.61 Å². The molecular weight excluding hydrogens is 240 g/mol. The highest BCUT2D eigenvalue weighted by Gasteiger charge is 2.26. The molecule has 0 amide bonds. The van der Waals surface area contributed by atoms with E-state index in [1.165, 1.54) is 0 Å². The van der Waals surface area contributed by atoms with Gasteiger partial charge in [0.15, 0.2) is 11.5 Å². The Labute approximate surface area is 103 Å². The zero-order chi connectivity index (χ0) is 11.8. The third-order valence-corrected chi connectivity index (χ3v) is 2.97. The highest BCUT2D eigenvalue weighted by atomic mass is 35.5. The smallest absolute Gasteiger partial charge is 0.265 e. The fraction of sp³-hybridized carbons (Fsp3) is 0.154. The van der Waals surface area contributed by atoms with Gasteiger partial charge in [-0.3, -0.25) is 4.79 Å². The van der Waals surface area contributed by atoms with Crippen molar-refractivity contribution in [2.45, 2.75) is 6.10 Å². The molecule has 1 heterocycles. The lowest BCUT2D eigenvalue weighted by Crippen LogP contribution is -2.33. The fourth-order valence-corrected chi connectivity index (χ4v) is 1.98. The third-order valence-electron chi connectivity index (χ3n) is 2.72. The van der Waals surface area contributed by atoms with Crippen LogP contribution in [0, 0.1) is 0 Å². The SMILES string of the molecule is O=C(Cl)[C@H]1COc2cc3ccccc3cc2O1. The molecule has 0 unspecified atom stereocenters. The van der Waals surface area contributed by atoms with Crippen molar-refractivity contribution in [2.24, 2.45) is 0 Å². The summed E-state index contributed by atoms with van der Waals surface area (Å²) in [5, 5.41) is 1.58. The number of hydrogen-bond donors (Lipinski definition) is 0. The Bertz CT molecular complexity index is 594. The van der Waals surface area contributed by atoms with Gasteiger partial charge in [0.1, 0.15) is 6.61 Å². The molecule has 0 spiro atoms. The highest BCUT2D eigenvalue weighted by Crippen LogP contribution is 2.36. The lowest BCUT2D eigenvalue weighted by Gasteiger charge is -2.24. The van der Waals surface area contributed by atoms with E-state index in [9.17, 15) is 4.79 Å². The van der Waals surface area contributed by atoms with E-state index < -0.39 is 11.3 Å². The van der Waals surface area contributed by atoms with Crippen LogP contribution in [0.15, 0.2) is 36.4 Å². The van der Waals surface area contributed by atoms with Crippen molar-refractivity contribution in [2.75, 3.05) is 6.61 Å². The lowest BCUT2D eigenvalue weighted by atomic mass is 10.1. The molecule has 1 aliphatic rings. The van der Waals surface area contributed by atoms with Gasteiger partial charge in [0.05, 0.1) is 0 Å². The van der Waals surface area contributed by atoms with Crippen molar-refractivity contribution in [3.63, 3.8) is 0 Å². The number of rotatable bonds is 1. The first-order valence-electron chi connectivity index (χ1n) is 5.25. The maximum atomic E-state index is 11.0. The van der Waals surface area contributed by atoms with Crippen LogP contribution in [0.5, 0.6) is 11.5 Å². The molecular formula is C13H9ClO3. The molecule has 0 radical (unpaired) electrons. The lowest BCUT2D eigenvalue weighted by molar-refractivity contribution is -0.120. The standard InChI is InChI=1S/C13H9ClO3/c14-13(15)12-7-16-10-5-8-3-1-2-4-9(8)6-11(10)17-12/h1-6,12H,7H2/t12-/m1/s1. The molecule has 0 N–H and O–H groups in total. The number of hydrogen-bond acceptors (Lipinski definition) is 3. The van der Waals surface area contributed by atoms with E-state index in [0.29, 0.717) is 11.5 Å². The van der Waals surface area contributed by atoms with Gasteiger partial charge in [-0.25, -0.2) is 0 Å². The van der Waals surface area contributed by atoms with E-state index in [1.807, 2.05) is 36.4 Å². The summed E-state index contributed by atoms with van der Waals surface area (Å²) in [4.78, 5) is 11.0. The van der Waals surface area contributed by atoms with Crippen molar-refractivity contribution in [3.05, 3.63) is 36.4 Å². The third kappa shape index (κ3) is 1.83. The second-order valence-electron chi connectivity index (χ2n) is 3.87. The first kappa shape index (κ1) is 10.4. The molecule has 3 rings (SSSR count). The van der Waals surface area contributed by atoms with Crippen molar-refractivity contribution in [3.8, 4) is 11.5 Å². The highest BCUT2D eigenvalue weighted by molar-refractivity contribution is 6.64. The Balaban J connectivity index is 2.07. The second kappa shape index (κ2) is 3.93. The summed E-state index contributed by atoms with van der Waals surface area (Å²) in [6.07, 6.45) is -0.717. The summed E-state index contributed by atoms with van der Waals surface area (Å²) in [5.41, 5.74) is 0. The molecule has 17 heavy (non-hydrogen) atoms. The maximum absolute atomic E-state index is 11.0. The number of halogens is 1. The summed E-state index contributed by atoms with van der Waals surface area (Å²) in [6, 6.07) is 11.6. The molecule has 86 valence electrons. The van der Waals surface area contributed by atoms with Crippen LogP contribution in [-0.2, 0) is 4.79 Å². The Morgan fingerprint density at radius 3 is 2.47 bits per heavy atom. The zero-order valence-corrected chi connectivity index (χ0v) is 9.61. The molecule has 0 aromatic heterocycles. The monoisotopic (exact) mass is 248 g/mol. The molecule has 2 aromatic rings. The van der Waals surface area contributed by atoms with Crippen LogP contribution in [0.25, 0.3) is 10.8 Å². The topological polar surface area (TPSA) is 35.5 Å². The van der Waals surface area contributed by atoms with Crippen molar-refractivity contribution < 1.29 is 14.3 Å². The minimum atomic E-state index is -0.717. The summed E-state index contributed by atoms with van der Waals surface area (Å²) in [6.45, 7) is 0.160. The fourth-order valence-electron chi connectivity index (χ4n) is 1.87. The molecule has 3 nitrogen and oxygen atoms in total. The summed E-state index contributed by atoms with van der Waals surface area (Å²) in [7, 11) is 0. The summed E-state index contributed by atoms with van der Waals surface area (Å²) >= 11 is 5.40. The van der Waals surface area contributed by atoms with Crippen LogP contribution in [0.2, 0.25) is 0 Å². The Morgan fingerprint density at radius 1 is 1.18 bits per heavy atom. The van der Waals surface area contributed by atoms with Crippen LogP contribution >= 0.6 is 11.6 Å².